The number of likely N-dealkylation sites (tertiary alicyclic amines) is 1. The first-order chi connectivity index (χ1) is 22.8. The summed E-state index contributed by atoms with van der Waals surface area (Å²) in [7, 11) is 1.80. The number of nitrogens with zero attached hydrogens (tertiary/aromatic N) is 2. The summed E-state index contributed by atoms with van der Waals surface area (Å²) >= 11 is 0. The van der Waals surface area contributed by atoms with Crippen molar-refractivity contribution in [3.05, 3.63) is 114 Å². The van der Waals surface area contributed by atoms with E-state index in [9.17, 15) is 9.59 Å². The van der Waals surface area contributed by atoms with E-state index in [0.717, 1.165) is 43.7 Å². The fraction of sp³-hybridized carbons (Fsp3) is 0.263. The number of nitrogens with one attached hydrogen (secondary N) is 3. The Morgan fingerprint density at radius 2 is 1.43 bits per heavy atom. The molecule has 47 heavy (non-hydrogen) atoms. The van der Waals surface area contributed by atoms with Gasteiger partial charge in [0.1, 0.15) is 11.5 Å². The van der Waals surface area contributed by atoms with Crippen LogP contribution in [0.25, 0.3) is 16.6 Å². The van der Waals surface area contributed by atoms with E-state index in [1.807, 2.05) is 38.1 Å². The standard InChI is InChI=1S/C38H41N5O4/c1-26(2)39-38(45)41-30-12-18-34(19-13-30)47-33-16-10-29(11-17-33)40-37(44)27-8-14-31(15-9-27)43-25-28(35-6-4-5-7-36(35)43)24-42-22-20-32(46-3)21-23-42/h4-19,25-26,32H,20-24H2,1-3H3,(H,40,44)(H2,39,41,45). The largest absolute Gasteiger partial charge is 0.457 e. The van der Waals surface area contributed by atoms with Crippen LogP contribution in [-0.2, 0) is 11.3 Å². The van der Waals surface area contributed by atoms with Crippen molar-refractivity contribution >= 4 is 34.2 Å². The van der Waals surface area contributed by atoms with Crippen LogP contribution in [0, 0.1) is 0 Å². The summed E-state index contributed by atoms with van der Waals surface area (Å²) in [6, 6.07) is 30.3. The van der Waals surface area contributed by atoms with Gasteiger partial charge in [-0.2, -0.15) is 0 Å². The summed E-state index contributed by atoms with van der Waals surface area (Å²) in [4.78, 5) is 27.5. The third-order valence-electron chi connectivity index (χ3n) is 8.34. The number of methoxy groups -OCH3 is 1. The Balaban J connectivity index is 1.06. The van der Waals surface area contributed by atoms with Crippen molar-refractivity contribution in [1.82, 2.24) is 14.8 Å². The van der Waals surface area contributed by atoms with Crippen LogP contribution in [0.3, 0.4) is 0 Å². The van der Waals surface area contributed by atoms with E-state index in [0.29, 0.717) is 34.5 Å². The Labute approximate surface area is 275 Å². The highest BCUT2D eigenvalue weighted by atomic mass is 16.5. The molecule has 242 valence electrons. The molecule has 0 bridgehead atoms. The van der Waals surface area contributed by atoms with Gasteiger partial charge in [0.15, 0.2) is 0 Å². The van der Waals surface area contributed by atoms with E-state index in [1.54, 1.807) is 55.6 Å². The van der Waals surface area contributed by atoms with Gasteiger partial charge >= 0.3 is 6.03 Å². The molecule has 9 nitrogen and oxygen atoms in total. The number of anilines is 2. The molecule has 0 radical (unpaired) electrons. The molecular formula is C38H41N5O4. The highest BCUT2D eigenvalue weighted by molar-refractivity contribution is 6.04. The SMILES string of the molecule is COC1CCN(Cc2cn(-c3ccc(C(=O)Nc4ccc(Oc5ccc(NC(=O)NC(C)C)cc5)cc4)cc3)c3ccccc23)CC1. The Hall–Kier alpha value is -5.12. The quantitative estimate of drug-likeness (QED) is 0.146. The van der Waals surface area contributed by atoms with Crippen LogP contribution in [0.2, 0.25) is 0 Å². The number of hydrogen-bond acceptors (Lipinski definition) is 5. The summed E-state index contributed by atoms with van der Waals surface area (Å²) in [6.07, 6.45) is 4.71. The number of aromatic nitrogens is 1. The van der Waals surface area contributed by atoms with E-state index in [2.05, 4.69) is 55.9 Å². The van der Waals surface area contributed by atoms with Crippen LogP contribution in [0.4, 0.5) is 16.2 Å². The fourth-order valence-electron chi connectivity index (χ4n) is 5.89. The minimum atomic E-state index is -0.254. The van der Waals surface area contributed by atoms with Gasteiger partial charge in [0.2, 0.25) is 0 Å². The monoisotopic (exact) mass is 631 g/mol. The second-order valence-corrected chi connectivity index (χ2v) is 12.2. The van der Waals surface area contributed by atoms with Crippen molar-refractivity contribution < 1.29 is 19.1 Å². The van der Waals surface area contributed by atoms with E-state index < -0.39 is 0 Å². The summed E-state index contributed by atoms with van der Waals surface area (Å²) < 4.78 is 13.7. The highest BCUT2D eigenvalue weighted by Gasteiger charge is 2.20. The lowest BCUT2D eigenvalue weighted by atomic mass is 10.1. The lowest BCUT2D eigenvalue weighted by Crippen LogP contribution is -2.36. The maximum Gasteiger partial charge on any atom is 0.319 e. The number of benzene rings is 4. The van der Waals surface area contributed by atoms with Gasteiger partial charge in [-0.1, -0.05) is 18.2 Å². The van der Waals surface area contributed by atoms with Crippen molar-refractivity contribution in [3.63, 3.8) is 0 Å². The number of rotatable bonds is 10. The molecule has 0 spiro atoms. The first-order valence-corrected chi connectivity index (χ1v) is 16.1. The van der Waals surface area contributed by atoms with E-state index in [1.165, 1.54) is 10.9 Å². The maximum atomic E-state index is 13.1. The second-order valence-electron chi connectivity index (χ2n) is 12.2. The van der Waals surface area contributed by atoms with Gasteiger partial charge in [-0.25, -0.2) is 4.79 Å². The van der Waals surface area contributed by atoms with Gasteiger partial charge < -0.3 is 30.0 Å². The number of ether oxygens (including phenoxy) is 2. The number of piperidine rings is 1. The molecule has 1 aromatic heterocycles. The lowest BCUT2D eigenvalue weighted by Gasteiger charge is -2.30. The molecule has 0 aliphatic carbocycles. The van der Waals surface area contributed by atoms with Crippen molar-refractivity contribution in [1.29, 1.82) is 0 Å². The Kier molecular flexibility index (Phi) is 9.85. The number of para-hydroxylation sites is 1. The van der Waals surface area contributed by atoms with Gasteiger partial charge in [-0.05, 0) is 111 Å². The molecule has 0 saturated carbocycles. The van der Waals surface area contributed by atoms with Crippen LogP contribution < -0.4 is 20.7 Å². The predicted octanol–water partition coefficient (Wildman–Crippen LogP) is 7.82. The second kappa shape index (κ2) is 14.5. The zero-order valence-corrected chi connectivity index (χ0v) is 27.0. The number of urea groups is 1. The van der Waals surface area contributed by atoms with Crippen LogP contribution >= 0.6 is 0 Å². The summed E-state index contributed by atoms with van der Waals surface area (Å²) in [5, 5.41) is 9.79. The van der Waals surface area contributed by atoms with Gasteiger partial charge in [0.05, 0.1) is 11.6 Å². The van der Waals surface area contributed by atoms with Crippen molar-refractivity contribution in [2.75, 3.05) is 30.8 Å². The number of amides is 3. The molecular weight excluding hydrogens is 590 g/mol. The first-order valence-electron chi connectivity index (χ1n) is 16.1. The molecule has 1 aliphatic heterocycles. The van der Waals surface area contributed by atoms with Crippen LogP contribution in [0.5, 0.6) is 11.5 Å². The average molecular weight is 632 g/mol. The van der Waals surface area contributed by atoms with E-state index in [-0.39, 0.29) is 18.0 Å². The van der Waals surface area contributed by atoms with Crippen LogP contribution in [-0.4, -0.2) is 53.8 Å². The maximum absolute atomic E-state index is 13.1. The van der Waals surface area contributed by atoms with Crippen molar-refractivity contribution in [2.45, 2.75) is 45.4 Å². The molecule has 6 rings (SSSR count). The molecule has 4 aromatic carbocycles. The zero-order valence-electron chi connectivity index (χ0n) is 27.0. The van der Waals surface area contributed by atoms with Crippen molar-refractivity contribution in [3.8, 4) is 17.2 Å². The van der Waals surface area contributed by atoms with Gasteiger partial charge in [0, 0.05) is 67.0 Å². The average Bonchev–Trinajstić information content (AvgIpc) is 3.44. The fourth-order valence-corrected chi connectivity index (χ4v) is 5.89. The molecule has 1 fully saturated rings. The minimum Gasteiger partial charge on any atom is -0.457 e. The Morgan fingerprint density at radius 3 is 2.04 bits per heavy atom. The van der Waals surface area contributed by atoms with Crippen molar-refractivity contribution in [2.24, 2.45) is 0 Å². The van der Waals surface area contributed by atoms with Gasteiger partial charge in [0.25, 0.3) is 5.91 Å². The lowest BCUT2D eigenvalue weighted by molar-refractivity contribution is 0.0390. The number of carbonyl (C=O) groups excluding carboxylic acids is 2. The summed E-state index contributed by atoms with van der Waals surface area (Å²) in [5.74, 6) is 1.07. The number of carbonyl (C=O) groups is 2. The third-order valence-corrected chi connectivity index (χ3v) is 8.34. The molecule has 3 N–H and O–H groups in total. The molecule has 5 aromatic rings. The summed E-state index contributed by atoms with van der Waals surface area (Å²) in [6.45, 7) is 6.77. The van der Waals surface area contributed by atoms with Crippen LogP contribution in [0.15, 0.2) is 103 Å². The molecule has 0 unspecified atom stereocenters. The van der Waals surface area contributed by atoms with Gasteiger partial charge in [-0.3, -0.25) is 9.69 Å². The molecule has 3 amide bonds. The molecule has 1 saturated heterocycles. The topological polar surface area (TPSA) is 96.9 Å². The Morgan fingerprint density at radius 1 is 0.809 bits per heavy atom. The van der Waals surface area contributed by atoms with E-state index >= 15 is 0 Å². The van der Waals surface area contributed by atoms with E-state index in [4.69, 9.17) is 9.47 Å². The van der Waals surface area contributed by atoms with Crippen LogP contribution in [0.1, 0.15) is 42.6 Å². The molecule has 1 aliphatic rings. The zero-order chi connectivity index (χ0) is 32.8. The highest BCUT2D eigenvalue weighted by Crippen LogP contribution is 2.28. The smallest absolute Gasteiger partial charge is 0.319 e. The normalized spacial score (nSPS) is 13.9. The minimum absolute atomic E-state index is 0.0521. The number of fused-ring (bicyclic) bond motifs is 1. The predicted molar refractivity (Wildman–Crippen MR) is 187 cm³/mol. The Bertz CT molecular complexity index is 1810. The molecule has 9 heteroatoms. The summed E-state index contributed by atoms with van der Waals surface area (Å²) in [5.41, 5.74) is 5.36. The first kappa shape index (κ1) is 31.8. The number of hydrogen-bond donors (Lipinski definition) is 3. The third kappa shape index (κ3) is 8.00. The van der Waals surface area contributed by atoms with Gasteiger partial charge in [-0.15, -0.1) is 0 Å². The molecule has 0 atom stereocenters. The molecule has 2 heterocycles.